The maximum absolute atomic E-state index is 13.4. The molecular formula is C18H15F3N6O2. The van der Waals surface area contributed by atoms with Crippen LogP contribution in [0.1, 0.15) is 28.6 Å². The van der Waals surface area contributed by atoms with E-state index in [2.05, 4.69) is 25.5 Å². The molecule has 1 amide bonds. The third-order valence-corrected chi connectivity index (χ3v) is 4.53. The lowest BCUT2D eigenvalue weighted by molar-refractivity contribution is -0.165. The van der Waals surface area contributed by atoms with Crippen LogP contribution in [0.5, 0.6) is 5.88 Å². The standard InChI is InChI=1S/C18H15F3N6O2/c1-29-17-10(4-3-9-22-17)16(28)24-13-6-2-5-11(23-13)15-26-25-14-8-7-12(27(14)15)18(19,20)21/h2-6,9,12H,7-8H2,1H3,(H,23,24,28)/t12-/m0/s1. The van der Waals surface area contributed by atoms with Gasteiger partial charge in [0.15, 0.2) is 5.82 Å². The van der Waals surface area contributed by atoms with Crippen LogP contribution in [0.15, 0.2) is 36.5 Å². The molecule has 1 aliphatic heterocycles. The normalized spacial score (nSPS) is 15.8. The van der Waals surface area contributed by atoms with E-state index in [0.717, 1.165) is 4.57 Å². The second-order valence-corrected chi connectivity index (χ2v) is 6.33. The Labute approximate surface area is 162 Å². The Morgan fingerprint density at radius 1 is 1.24 bits per heavy atom. The number of carbonyl (C=O) groups is 1. The Bertz CT molecular complexity index is 1070. The molecule has 0 fully saturated rings. The summed E-state index contributed by atoms with van der Waals surface area (Å²) in [6.45, 7) is 0. The number of hydrogen-bond acceptors (Lipinski definition) is 6. The van der Waals surface area contributed by atoms with E-state index >= 15 is 0 Å². The van der Waals surface area contributed by atoms with Crippen molar-refractivity contribution in [3.05, 3.63) is 47.9 Å². The summed E-state index contributed by atoms with van der Waals surface area (Å²) in [7, 11) is 1.39. The van der Waals surface area contributed by atoms with Gasteiger partial charge >= 0.3 is 6.18 Å². The number of aromatic nitrogens is 5. The van der Waals surface area contributed by atoms with Crippen molar-refractivity contribution in [2.24, 2.45) is 0 Å². The van der Waals surface area contributed by atoms with Crippen LogP contribution in [0, 0.1) is 0 Å². The monoisotopic (exact) mass is 404 g/mol. The topological polar surface area (TPSA) is 94.8 Å². The molecule has 0 spiro atoms. The zero-order valence-electron chi connectivity index (χ0n) is 15.1. The van der Waals surface area contributed by atoms with Gasteiger partial charge in [0.2, 0.25) is 5.88 Å². The molecule has 3 aromatic heterocycles. The van der Waals surface area contributed by atoms with Crippen LogP contribution in [0.2, 0.25) is 0 Å². The molecule has 0 radical (unpaired) electrons. The molecule has 0 unspecified atom stereocenters. The first-order chi connectivity index (χ1) is 13.9. The summed E-state index contributed by atoms with van der Waals surface area (Å²) in [4.78, 5) is 20.7. The second-order valence-electron chi connectivity index (χ2n) is 6.33. The molecule has 1 N–H and O–H groups in total. The van der Waals surface area contributed by atoms with Crippen molar-refractivity contribution >= 4 is 11.7 Å². The Morgan fingerprint density at radius 2 is 2.07 bits per heavy atom. The zero-order chi connectivity index (χ0) is 20.6. The minimum atomic E-state index is -4.41. The molecule has 1 aliphatic rings. The first kappa shape index (κ1) is 18.8. The number of pyridine rings is 2. The van der Waals surface area contributed by atoms with Crippen molar-refractivity contribution in [1.82, 2.24) is 24.7 Å². The van der Waals surface area contributed by atoms with E-state index in [9.17, 15) is 18.0 Å². The van der Waals surface area contributed by atoms with E-state index in [4.69, 9.17) is 4.74 Å². The maximum Gasteiger partial charge on any atom is 0.409 e. The van der Waals surface area contributed by atoms with Gasteiger partial charge in [0.1, 0.15) is 28.9 Å². The zero-order valence-corrected chi connectivity index (χ0v) is 15.1. The smallest absolute Gasteiger partial charge is 0.409 e. The number of ether oxygens (including phenoxy) is 1. The number of halogens is 3. The molecule has 4 heterocycles. The molecule has 11 heteroatoms. The minimum absolute atomic E-state index is 0.00915. The molecule has 150 valence electrons. The highest BCUT2D eigenvalue weighted by molar-refractivity contribution is 6.05. The lowest BCUT2D eigenvalue weighted by Crippen LogP contribution is -2.24. The first-order valence-electron chi connectivity index (χ1n) is 8.66. The number of alkyl halides is 3. The van der Waals surface area contributed by atoms with Crippen LogP contribution in [-0.4, -0.2) is 43.9 Å². The van der Waals surface area contributed by atoms with Crippen LogP contribution in [0.25, 0.3) is 11.5 Å². The van der Waals surface area contributed by atoms with Crippen molar-refractivity contribution in [2.75, 3.05) is 12.4 Å². The highest BCUT2D eigenvalue weighted by Crippen LogP contribution is 2.41. The van der Waals surface area contributed by atoms with Gasteiger partial charge in [0.25, 0.3) is 5.91 Å². The number of rotatable bonds is 4. The summed E-state index contributed by atoms with van der Waals surface area (Å²) in [5.74, 6) is 0.0505. The number of carbonyl (C=O) groups excluding carboxylic acids is 1. The Hall–Kier alpha value is -3.50. The van der Waals surface area contributed by atoms with Crippen molar-refractivity contribution in [3.63, 3.8) is 0 Å². The SMILES string of the molecule is COc1ncccc1C(=O)Nc1cccc(-c2nnc3n2[C@H](C(F)(F)F)CC3)n1. The van der Waals surface area contributed by atoms with Gasteiger partial charge in [-0.15, -0.1) is 10.2 Å². The van der Waals surface area contributed by atoms with E-state index in [1.54, 1.807) is 12.1 Å². The van der Waals surface area contributed by atoms with Crippen molar-refractivity contribution in [1.29, 1.82) is 0 Å². The number of methoxy groups -OCH3 is 1. The Balaban J connectivity index is 1.64. The van der Waals surface area contributed by atoms with Crippen molar-refractivity contribution in [2.45, 2.75) is 25.1 Å². The highest BCUT2D eigenvalue weighted by atomic mass is 19.4. The summed E-state index contributed by atoms with van der Waals surface area (Å²) < 4.78 is 46.2. The van der Waals surface area contributed by atoms with Gasteiger partial charge < -0.3 is 10.1 Å². The van der Waals surface area contributed by atoms with Gasteiger partial charge in [-0.25, -0.2) is 9.97 Å². The average molecular weight is 404 g/mol. The van der Waals surface area contributed by atoms with Gasteiger partial charge in [0, 0.05) is 12.6 Å². The van der Waals surface area contributed by atoms with Crippen LogP contribution in [-0.2, 0) is 6.42 Å². The number of hydrogen-bond donors (Lipinski definition) is 1. The lowest BCUT2D eigenvalue weighted by atomic mass is 10.2. The summed E-state index contributed by atoms with van der Waals surface area (Å²) >= 11 is 0. The fraction of sp³-hybridized carbons (Fsp3) is 0.278. The quantitative estimate of drug-likeness (QED) is 0.718. The van der Waals surface area contributed by atoms with Crippen LogP contribution >= 0.6 is 0 Å². The number of anilines is 1. The molecule has 0 saturated heterocycles. The van der Waals surface area contributed by atoms with Crippen LogP contribution in [0.4, 0.5) is 19.0 Å². The number of nitrogens with zero attached hydrogens (tertiary/aromatic N) is 5. The highest BCUT2D eigenvalue weighted by Gasteiger charge is 2.46. The van der Waals surface area contributed by atoms with Crippen LogP contribution in [0.3, 0.4) is 0 Å². The van der Waals surface area contributed by atoms with E-state index in [0.29, 0.717) is 0 Å². The first-order valence-corrected chi connectivity index (χ1v) is 8.66. The van der Waals surface area contributed by atoms with Gasteiger partial charge in [-0.2, -0.15) is 13.2 Å². The predicted molar refractivity (Wildman–Crippen MR) is 95.4 cm³/mol. The molecule has 0 aromatic carbocycles. The fourth-order valence-corrected chi connectivity index (χ4v) is 3.24. The molecule has 4 rings (SSSR count). The number of amides is 1. The molecule has 29 heavy (non-hydrogen) atoms. The predicted octanol–water partition coefficient (Wildman–Crippen LogP) is 3.05. The summed E-state index contributed by atoms with van der Waals surface area (Å²) in [6, 6.07) is 6.03. The van der Waals surface area contributed by atoms with Crippen LogP contribution < -0.4 is 10.1 Å². The fourth-order valence-electron chi connectivity index (χ4n) is 3.24. The van der Waals surface area contributed by atoms with Gasteiger partial charge in [-0.3, -0.25) is 9.36 Å². The second kappa shape index (κ2) is 7.15. The molecule has 0 bridgehead atoms. The molecule has 8 nitrogen and oxygen atoms in total. The summed E-state index contributed by atoms with van der Waals surface area (Å²) in [6.07, 6.45) is -2.82. The minimum Gasteiger partial charge on any atom is -0.480 e. The van der Waals surface area contributed by atoms with E-state index in [1.165, 1.54) is 31.5 Å². The van der Waals surface area contributed by atoms with Gasteiger partial charge in [-0.05, 0) is 30.7 Å². The maximum atomic E-state index is 13.4. The Morgan fingerprint density at radius 3 is 2.83 bits per heavy atom. The Kier molecular flexibility index (Phi) is 4.65. The largest absolute Gasteiger partial charge is 0.480 e. The number of nitrogens with one attached hydrogen (secondary N) is 1. The number of fused-ring (bicyclic) bond motifs is 1. The molecule has 0 saturated carbocycles. The lowest BCUT2D eigenvalue weighted by Gasteiger charge is -2.18. The van der Waals surface area contributed by atoms with Crippen molar-refractivity contribution in [3.8, 4) is 17.4 Å². The van der Waals surface area contributed by atoms with E-state index < -0.39 is 18.1 Å². The molecule has 1 atom stereocenters. The average Bonchev–Trinajstić information content (AvgIpc) is 3.29. The summed E-state index contributed by atoms with van der Waals surface area (Å²) in [5, 5.41) is 10.3. The molecule has 3 aromatic rings. The van der Waals surface area contributed by atoms with Gasteiger partial charge in [-0.1, -0.05) is 6.07 Å². The van der Waals surface area contributed by atoms with E-state index in [-0.39, 0.29) is 47.4 Å². The van der Waals surface area contributed by atoms with Crippen molar-refractivity contribution < 1.29 is 22.7 Å². The third-order valence-electron chi connectivity index (χ3n) is 4.53. The summed E-state index contributed by atoms with van der Waals surface area (Å²) in [5.41, 5.74) is 0.374. The molecular weight excluding hydrogens is 389 g/mol. The van der Waals surface area contributed by atoms with Gasteiger partial charge in [0.05, 0.1) is 7.11 Å². The van der Waals surface area contributed by atoms with E-state index in [1.807, 2.05) is 0 Å². The number of aryl methyl sites for hydroxylation is 1. The molecule has 0 aliphatic carbocycles. The third kappa shape index (κ3) is 3.50.